The SMILES string of the molecule is O=C(NC[C@H]1CCCO1)c1cc2cc(C3(O)CCN(Cc4cccc(F)c4)CC3)ccc2o1. The summed E-state index contributed by atoms with van der Waals surface area (Å²) in [6.45, 7) is 3.33. The van der Waals surface area contributed by atoms with E-state index in [1.165, 1.54) is 6.07 Å². The molecule has 0 unspecified atom stereocenters. The zero-order valence-corrected chi connectivity index (χ0v) is 18.6. The summed E-state index contributed by atoms with van der Waals surface area (Å²) >= 11 is 0. The van der Waals surface area contributed by atoms with Gasteiger partial charge in [-0.2, -0.15) is 0 Å². The highest BCUT2D eigenvalue weighted by molar-refractivity contribution is 5.96. The largest absolute Gasteiger partial charge is 0.451 e. The first-order valence-corrected chi connectivity index (χ1v) is 11.6. The van der Waals surface area contributed by atoms with E-state index in [2.05, 4.69) is 10.2 Å². The highest BCUT2D eigenvalue weighted by atomic mass is 19.1. The average molecular weight is 453 g/mol. The molecule has 3 heterocycles. The molecule has 1 atom stereocenters. The minimum Gasteiger partial charge on any atom is -0.451 e. The van der Waals surface area contributed by atoms with Crippen LogP contribution in [0, 0.1) is 5.82 Å². The zero-order chi connectivity index (χ0) is 22.8. The Morgan fingerprint density at radius 2 is 2.03 bits per heavy atom. The number of aliphatic hydroxyl groups is 1. The predicted octanol–water partition coefficient (Wildman–Crippen LogP) is 3.96. The summed E-state index contributed by atoms with van der Waals surface area (Å²) in [7, 11) is 0. The number of rotatable bonds is 6. The number of nitrogens with zero attached hydrogens (tertiary/aromatic N) is 1. The monoisotopic (exact) mass is 452 g/mol. The number of halogens is 1. The van der Waals surface area contributed by atoms with E-state index >= 15 is 0 Å². The molecule has 174 valence electrons. The summed E-state index contributed by atoms with van der Waals surface area (Å²) in [6.07, 6.45) is 3.23. The molecule has 0 radical (unpaired) electrons. The summed E-state index contributed by atoms with van der Waals surface area (Å²) in [5.74, 6) is -0.223. The second-order valence-corrected chi connectivity index (χ2v) is 9.15. The van der Waals surface area contributed by atoms with Crippen molar-refractivity contribution in [3.05, 3.63) is 71.2 Å². The van der Waals surface area contributed by atoms with Crippen molar-refractivity contribution < 1.29 is 23.4 Å². The molecular formula is C26H29FN2O4. The van der Waals surface area contributed by atoms with Crippen molar-refractivity contribution in [2.45, 2.75) is 43.9 Å². The molecule has 2 fully saturated rings. The maximum Gasteiger partial charge on any atom is 0.287 e. The zero-order valence-electron chi connectivity index (χ0n) is 18.6. The molecule has 1 aromatic heterocycles. The fourth-order valence-electron chi connectivity index (χ4n) is 4.81. The molecule has 33 heavy (non-hydrogen) atoms. The first-order valence-electron chi connectivity index (χ1n) is 11.6. The van der Waals surface area contributed by atoms with Crippen LogP contribution in [-0.2, 0) is 16.9 Å². The molecule has 0 bridgehead atoms. The van der Waals surface area contributed by atoms with Crippen LogP contribution in [0.4, 0.5) is 4.39 Å². The summed E-state index contributed by atoms with van der Waals surface area (Å²) in [5.41, 5.74) is 1.44. The Morgan fingerprint density at radius 3 is 2.79 bits per heavy atom. The molecule has 2 N–H and O–H groups in total. The van der Waals surface area contributed by atoms with E-state index in [4.69, 9.17) is 9.15 Å². The number of furan rings is 1. The van der Waals surface area contributed by atoms with Gasteiger partial charge in [-0.25, -0.2) is 4.39 Å². The second-order valence-electron chi connectivity index (χ2n) is 9.15. The van der Waals surface area contributed by atoms with Gasteiger partial charge in [0.15, 0.2) is 5.76 Å². The van der Waals surface area contributed by atoms with Crippen LogP contribution in [0.2, 0.25) is 0 Å². The molecule has 0 saturated carbocycles. The maximum atomic E-state index is 13.5. The standard InChI is InChI=1S/C26H29FN2O4/c27-21-4-1-3-18(13-21)17-29-10-8-26(31,9-11-29)20-6-7-23-19(14-20)15-24(33-23)25(30)28-16-22-5-2-12-32-22/h1,3-4,6-7,13-15,22,31H,2,5,8-12,16-17H2,(H,28,30)/t22-/m1/s1. The first-order chi connectivity index (χ1) is 16.0. The minimum absolute atomic E-state index is 0.0750. The lowest BCUT2D eigenvalue weighted by molar-refractivity contribution is -0.0276. The van der Waals surface area contributed by atoms with E-state index in [1.54, 1.807) is 18.2 Å². The number of likely N-dealkylation sites (tertiary alicyclic amines) is 1. The summed E-state index contributed by atoms with van der Waals surface area (Å²) in [6, 6.07) is 14.0. The third-order valence-corrected chi connectivity index (χ3v) is 6.77. The van der Waals surface area contributed by atoms with Crippen LogP contribution >= 0.6 is 0 Å². The number of hydrogen-bond acceptors (Lipinski definition) is 5. The van der Waals surface area contributed by atoms with E-state index in [1.807, 2.05) is 24.3 Å². The minimum atomic E-state index is -0.938. The van der Waals surface area contributed by atoms with Crippen LogP contribution < -0.4 is 5.32 Å². The van der Waals surface area contributed by atoms with Crippen molar-refractivity contribution >= 4 is 16.9 Å². The number of ether oxygens (including phenoxy) is 1. The Hall–Kier alpha value is -2.74. The van der Waals surface area contributed by atoms with Crippen molar-refractivity contribution in [2.75, 3.05) is 26.2 Å². The van der Waals surface area contributed by atoms with Gasteiger partial charge >= 0.3 is 0 Å². The Kier molecular flexibility index (Phi) is 6.19. The van der Waals surface area contributed by atoms with Crippen LogP contribution in [-0.4, -0.2) is 48.3 Å². The molecular weight excluding hydrogens is 423 g/mol. The Balaban J connectivity index is 1.23. The third kappa shape index (κ3) is 4.95. The fourth-order valence-corrected chi connectivity index (χ4v) is 4.81. The van der Waals surface area contributed by atoms with Crippen molar-refractivity contribution in [1.29, 1.82) is 0 Å². The molecule has 7 heteroatoms. The van der Waals surface area contributed by atoms with E-state index in [-0.39, 0.29) is 23.6 Å². The highest BCUT2D eigenvalue weighted by Gasteiger charge is 2.34. The average Bonchev–Trinajstić information content (AvgIpc) is 3.48. The number of fused-ring (bicyclic) bond motifs is 1. The van der Waals surface area contributed by atoms with Crippen molar-refractivity contribution in [3.8, 4) is 0 Å². The van der Waals surface area contributed by atoms with Crippen LogP contribution in [0.25, 0.3) is 11.0 Å². The maximum absolute atomic E-state index is 13.5. The summed E-state index contributed by atoms with van der Waals surface area (Å²) < 4.78 is 24.7. The summed E-state index contributed by atoms with van der Waals surface area (Å²) in [4.78, 5) is 14.7. The molecule has 5 rings (SSSR count). The van der Waals surface area contributed by atoms with E-state index in [0.29, 0.717) is 44.6 Å². The Morgan fingerprint density at radius 1 is 1.18 bits per heavy atom. The van der Waals surface area contributed by atoms with Gasteiger partial charge in [-0.3, -0.25) is 9.69 Å². The summed E-state index contributed by atoms with van der Waals surface area (Å²) in [5, 5.41) is 15.0. The van der Waals surface area contributed by atoms with Crippen molar-refractivity contribution in [2.24, 2.45) is 0 Å². The molecule has 2 aromatic carbocycles. The topological polar surface area (TPSA) is 74.9 Å². The molecule has 0 spiro atoms. The van der Waals surface area contributed by atoms with Gasteiger partial charge in [0.1, 0.15) is 11.4 Å². The number of amides is 1. The molecule has 1 amide bonds. The molecule has 3 aromatic rings. The van der Waals surface area contributed by atoms with E-state index in [0.717, 1.165) is 36.0 Å². The Bertz CT molecular complexity index is 1130. The van der Waals surface area contributed by atoms with Gasteiger partial charge in [0.25, 0.3) is 5.91 Å². The van der Waals surface area contributed by atoms with Crippen molar-refractivity contribution in [1.82, 2.24) is 10.2 Å². The Labute approximate surface area is 192 Å². The van der Waals surface area contributed by atoms with Gasteiger partial charge in [-0.15, -0.1) is 0 Å². The lowest BCUT2D eigenvalue weighted by Gasteiger charge is -2.38. The number of carbonyl (C=O) groups excluding carboxylic acids is 1. The lowest BCUT2D eigenvalue weighted by Crippen LogP contribution is -2.42. The first kappa shape index (κ1) is 22.1. The van der Waals surface area contributed by atoms with Crippen LogP contribution in [0.1, 0.15) is 47.4 Å². The number of piperidine rings is 1. The molecule has 6 nitrogen and oxygen atoms in total. The normalized spacial score (nSPS) is 20.8. The predicted molar refractivity (Wildman–Crippen MR) is 122 cm³/mol. The van der Waals surface area contributed by atoms with E-state index < -0.39 is 5.60 Å². The number of carbonyl (C=O) groups is 1. The second kappa shape index (κ2) is 9.25. The van der Waals surface area contributed by atoms with Gasteiger partial charge in [-0.05, 0) is 67.1 Å². The molecule has 2 aliphatic heterocycles. The van der Waals surface area contributed by atoms with Crippen molar-refractivity contribution in [3.63, 3.8) is 0 Å². The lowest BCUT2D eigenvalue weighted by atomic mass is 9.84. The van der Waals surface area contributed by atoms with Gasteiger partial charge in [0, 0.05) is 38.2 Å². The molecule has 0 aliphatic carbocycles. The van der Waals surface area contributed by atoms with Gasteiger partial charge in [-0.1, -0.05) is 18.2 Å². The van der Waals surface area contributed by atoms with Gasteiger partial charge < -0.3 is 19.6 Å². The van der Waals surface area contributed by atoms with Crippen LogP contribution in [0.5, 0.6) is 0 Å². The number of nitrogens with one attached hydrogen (secondary N) is 1. The smallest absolute Gasteiger partial charge is 0.287 e. The molecule has 2 saturated heterocycles. The van der Waals surface area contributed by atoms with E-state index in [9.17, 15) is 14.3 Å². The quantitative estimate of drug-likeness (QED) is 0.592. The third-order valence-electron chi connectivity index (χ3n) is 6.77. The van der Waals surface area contributed by atoms with Crippen LogP contribution in [0.3, 0.4) is 0 Å². The number of hydrogen-bond donors (Lipinski definition) is 2. The van der Waals surface area contributed by atoms with Crippen LogP contribution in [0.15, 0.2) is 52.9 Å². The molecule has 2 aliphatic rings. The van der Waals surface area contributed by atoms with Gasteiger partial charge in [0.05, 0.1) is 11.7 Å². The highest BCUT2D eigenvalue weighted by Crippen LogP contribution is 2.35. The number of benzene rings is 2. The fraction of sp³-hybridized carbons (Fsp3) is 0.423. The van der Waals surface area contributed by atoms with Gasteiger partial charge in [0.2, 0.25) is 0 Å².